The van der Waals surface area contributed by atoms with Gasteiger partial charge in [-0.3, -0.25) is 0 Å². The monoisotopic (exact) mass is 177 g/mol. The molecule has 2 heterocycles. The third-order valence-corrected chi connectivity index (χ3v) is 2.04. The van der Waals surface area contributed by atoms with Gasteiger partial charge in [-0.05, 0) is 12.1 Å². The van der Waals surface area contributed by atoms with Crippen molar-refractivity contribution in [1.82, 2.24) is 9.61 Å². The summed E-state index contributed by atoms with van der Waals surface area (Å²) in [6, 6.07) is 5.70. The predicted octanol–water partition coefficient (Wildman–Crippen LogP) is 0.326. The molecule has 0 aliphatic carbocycles. The summed E-state index contributed by atoms with van der Waals surface area (Å²) in [5, 5.41) is 13.6. The fourth-order valence-electron chi connectivity index (χ4n) is 1.34. The van der Waals surface area contributed by atoms with Gasteiger partial charge in [-0.25, -0.2) is 4.52 Å². The first kappa shape index (κ1) is 8.22. The molecule has 0 bridgehead atoms. The fourth-order valence-corrected chi connectivity index (χ4v) is 1.34. The molecule has 0 saturated heterocycles. The molecule has 0 saturated carbocycles. The van der Waals surface area contributed by atoms with E-state index in [2.05, 4.69) is 5.10 Å². The van der Waals surface area contributed by atoms with Crippen LogP contribution in [0.15, 0.2) is 30.6 Å². The lowest BCUT2D eigenvalue weighted by atomic mass is 10.1. The number of hydrogen-bond acceptors (Lipinski definition) is 3. The summed E-state index contributed by atoms with van der Waals surface area (Å²) in [6.45, 7) is 0.218. The van der Waals surface area contributed by atoms with E-state index < -0.39 is 6.10 Å². The summed E-state index contributed by atoms with van der Waals surface area (Å²) in [4.78, 5) is 0. The predicted molar refractivity (Wildman–Crippen MR) is 49.2 cm³/mol. The van der Waals surface area contributed by atoms with Crippen molar-refractivity contribution in [3.05, 3.63) is 36.2 Å². The van der Waals surface area contributed by atoms with Crippen LogP contribution in [0.3, 0.4) is 0 Å². The molecule has 0 radical (unpaired) electrons. The maximum absolute atomic E-state index is 9.54. The highest BCUT2D eigenvalue weighted by Crippen LogP contribution is 2.17. The lowest BCUT2D eigenvalue weighted by Gasteiger charge is -2.04. The molecule has 0 amide bonds. The van der Waals surface area contributed by atoms with E-state index in [9.17, 15) is 5.11 Å². The molecule has 0 aliphatic rings. The summed E-state index contributed by atoms with van der Waals surface area (Å²) in [5.41, 5.74) is 7.05. The van der Waals surface area contributed by atoms with Crippen LogP contribution in [0.1, 0.15) is 11.7 Å². The number of nitrogens with two attached hydrogens (primary N) is 1. The second-order valence-electron chi connectivity index (χ2n) is 2.88. The van der Waals surface area contributed by atoms with Gasteiger partial charge in [0.05, 0.1) is 17.8 Å². The van der Waals surface area contributed by atoms with Gasteiger partial charge in [0.15, 0.2) is 0 Å². The Morgan fingerprint density at radius 1 is 1.54 bits per heavy atom. The van der Waals surface area contributed by atoms with Crippen molar-refractivity contribution < 1.29 is 5.11 Å². The summed E-state index contributed by atoms with van der Waals surface area (Å²) in [6.07, 6.45) is 2.86. The summed E-state index contributed by atoms with van der Waals surface area (Å²) in [7, 11) is 0. The molecule has 4 heteroatoms. The normalized spacial score (nSPS) is 13.4. The molecule has 2 rings (SSSR count). The standard InChI is InChI=1S/C9H11N3O/c10-5-9(13)7-6-11-12-4-2-1-3-8(7)12/h1-4,6,9,13H,5,10H2. The first-order valence-corrected chi connectivity index (χ1v) is 4.13. The van der Waals surface area contributed by atoms with Gasteiger partial charge >= 0.3 is 0 Å². The Kier molecular flexibility index (Phi) is 2.00. The van der Waals surface area contributed by atoms with E-state index >= 15 is 0 Å². The van der Waals surface area contributed by atoms with Crippen LogP contribution in [0.2, 0.25) is 0 Å². The third kappa shape index (κ3) is 1.30. The Morgan fingerprint density at radius 2 is 2.38 bits per heavy atom. The highest BCUT2D eigenvalue weighted by atomic mass is 16.3. The molecule has 68 valence electrons. The minimum atomic E-state index is -0.625. The molecular weight excluding hydrogens is 166 g/mol. The molecule has 0 fully saturated rings. The zero-order valence-corrected chi connectivity index (χ0v) is 7.09. The first-order chi connectivity index (χ1) is 6.33. The second kappa shape index (κ2) is 3.16. The van der Waals surface area contributed by atoms with Gasteiger partial charge in [0.25, 0.3) is 0 Å². The lowest BCUT2D eigenvalue weighted by Crippen LogP contribution is -2.11. The van der Waals surface area contributed by atoms with Crippen LogP contribution in [-0.2, 0) is 0 Å². The number of nitrogens with zero attached hydrogens (tertiary/aromatic N) is 2. The minimum absolute atomic E-state index is 0.218. The molecule has 2 aromatic heterocycles. The number of hydrogen-bond donors (Lipinski definition) is 2. The average Bonchev–Trinajstić information content (AvgIpc) is 2.60. The Morgan fingerprint density at radius 3 is 3.15 bits per heavy atom. The van der Waals surface area contributed by atoms with Crippen molar-refractivity contribution in [3.8, 4) is 0 Å². The third-order valence-electron chi connectivity index (χ3n) is 2.04. The Balaban J connectivity index is 2.57. The maximum Gasteiger partial charge on any atom is 0.0948 e. The van der Waals surface area contributed by atoms with Crippen molar-refractivity contribution in [2.24, 2.45) is 5.73 Å². The van der Waals surface area contributed by atoms with Crippen molar-refractivity contribution in [1.29, 1.82) is 0 Å². The molecule has 3 N–H and O–H groups in total. The van der Waals surface area contributed by atoms with Gasteiger partial charge < -0.3 is 10.8 Å². The Bertz CT molecular complexity index is 410. The molecule has 13 heavy (non-hydrogen) atoms. The second-order valence-corrected chi connectivity index (χ2v) is 2.88. The van der Waals surface area contributed by atoms with Crippen molar-refractivity contribution in [3.63, 3.8) is 0 Å². The van der Waals surface area contributed by atoms with Gasteiger partial charge in [0, 0.05) is 18.3 Å². The van der Waals surface area contributed by atoms with E-state index in [1.54, 1.807) is 10.7 Å². The molecule has 0 aliphatic heterocycles. The number of pyridine rings is 1. The fraction of sp³-hybridized carbons (Fsp3) is 0.222. The molecule has 1 atom stereocenters. The van der Waals surface area contributed by atoms with Gasteiger partial charge in [-0.1, -0.05) is 6.07 Å². The number of aromatic nitrogens is 2. The minimum Gasteiger partial charge on any atom is -0.387 e. The molecule has 2 aromatic rings. The summed E-state index contributed by atoms with van der Waals surface area (Å²) in [5.74, 6) is 0. The number of aliphatic hydroxyl groups is 1. The van der Waals surface area contributed by atoms with Crippen LogP contribution >= 0.6 is 0 Å². The van der Waals surface area contributed by atoms with Crippen LogP contribution in [-0.4, -0.2) is 21.3 Å². The summed E-state index contributed by atoms with van der Waals surface area (Å²) < 4.78 is 1.72. The van der Waals surface area contributed by atoms with Crippen LogP contribution in [0.25, 0.3) is 5.52 Å². The van der Waals surface area contributed by atoms with Gasteiger partial charge in [0.2, 0.25) is 0 Å². The molecular formula is C9H11N3O. The van der Waals surface area contributed by atoms with Crippen molar-refractivity contribution in [2.45, 2.75) is 6.10 Å². The molecule has 1 unspecified atom stereocenters. The summed E-state index contributed by atoms with van der Waals surface area (Å²) >= 11 is 0. The Hall–Kier alpha value is -1.39. The van der Waals surface area contributed by atoms with Gasteiger partial charge in [-0.15, -0.1) is 0 Å². The molecule has 0 spiro atoms. The van der Waals surface area contributed by atoms with E-state index in [1.807, 2.05) is 24.4 Å². The smallest absolute Gasteiger partial charge is 0.0948 e. The van der Waals surface area contributed by atoms with E-state index in [0.29, 0.717) is 0 Å². The number of rotatable bonds is 2. The Labute approximate surface area is 75.6 Å². The van der Waals surface area contributed by atoms with Gasteiger partial charge in [-0.2, -0.15) is 5.10 Å². The maximum atomic E-state index is 9.54. The van der Waals surface area contributed by atoms with Crippen molar-refractivity contribution >= 4 is 5.52 Å². The van der Waals surface area contributed by atoms with Crippen LogP contribution in [0.4, 0.5) is 0 Å². The molecule has 0 aromatic carbocycles. The van der Waals surface area contributed by atoms with Gasteiger partial charge in [0.1, 0.15) is 0 Å². The first-order valence-electron chi connectivity index (χ1n) is 4.13. The average molecular weight is 177 g/mol. The van der Waals surface area contributed by atoms with E-state index in [0.717, 1.165) is 11.1 Å². The number of fused-ring (bicyclic) bond motifs is 1. The lowest BCUT2D eigenvalue weighted by molar-refractivity contribution is 0.188. The topological polar surface area (TPSA) is 63.5 Å². The van der Waals surface area contributed by atoms with E-state index in [1.165, 1.54) is 0 Å². The highest BCUT2D eigenvalue weighted by Gasteiger charge is 2.10. The SMILES string of the molecule is NCC(O)c1cnn2ccccc12. The quantitative estimate of drug-likeness (QED) is 0.694. The van der Waals surface area contributed by atoms with E-state index in [-0.39, 0.29) is 6.54 Å². The van der Waals surface area contributed by atoms with Crippen LogP contribution in [0, 0.1) is 0 Å². The van der Waals surface area contributed by atoms with Crippen LogP contribution < -0.4 is 5.73 Å². The van der Waals surface area contributed by atoms with E-state index in [4.69, 9.17) is 5.73 Å². The van der Waals surface area contributed by atoms with Crippen molar-refractivity contribution in [2.75, 3.05) is 6.54 Å². The molecule has 4 nitrogen and oxygen atoms in total. The number of aliphatic hydroxyl groups excluding tert-OH is 1. The zero-order valence-electron chi connectivity index (χ0n) is 7.09. The largest absolute Gasteiger partial charge is 0.387 e. The highest BCUT2D eigenvalue weighted by molar-refractivity contribution is 5.54. The van der Waals surface area contributed by atoms with Crippen LogP contribution in [0.5, 0.6) is 0 Å². The zero-order chi connectivity index (χ0) is 9.26.